The number of aromatic hydroxyl groups is 10. The van der Waals surface area contributed by atoms with Gasteiger partial charge in [-0.1, -0.05) is 294 Å². The molecule has 0 amide bonds. The van der Waals surface area contributed by atoms with E-state index in [1.807, 2.05) is 144 Å². The van der Waals surface area contributed by atoms with Crippen molar-refractivity contribution in [1.29, 1.82) is 0 Å². The van der Waals surface area contributed by atoms with Crippen molar-refractivity contribution in [2.45, 2.75) is 259 Å². The van der Waals surface area contributed by atoms with E-state index in [2.05, 4.69) is 205 Å². The molecular weight excluding hydrogens is 2160 g/mol. The highest BCUT2D eigenvalue weighted by Crippen LogP contribution is 2.65. The van der Waals surface area contributed by atoms with Crippen LogP contribution in [0, 0.1) is 121 Å². The monoisotopic (exact) mass is 2310 g/mol. The summed E-state index contributed by atoms with van der Waals surface area (Å²) in [5, 5.41) is 98.3. The van der Waals surface area contributed by atoms with Crippen molar-refractivity contribution in [3.05, 3.63) is 293 Å². The van der Waals surface area contributed by atoms with E-state index in [9.17, 15) is 45.6 Å². The molecule has 0 saturated heterocycles. The van der Waals surface area contributed by atoms with Gasteiger partial charge in [0.15, 0.2) is 0 Å². The van der Waals surface area contributed by atoms with Gasteiger partial charge in [-0.15, -0.1) is 0 Å². The number of benzene rings is 10. The third-order valence-corrected chi connectivity index (χ3v) is 30.0. The summed E-state index contributed by atoms with van der Waals surface area (Å²) >= 11 is 25.2. The fourth-order valence-electron chi connectivity index (χ4n) is 21.6. The van der Waals surface area contributed by atoms with Gasteiger partial charge in [0, 0.05) is 76.7 Å². The fourth-order valence-corrected chi connectivity index (χ4v) is 22.5. The van der Waals surface area contributed by atoms with Crippen molar-refractivity contribution in [2.24, 2.45) is 86.3 Å². The lowest BCUT2D eigenvalue weighted by Crippen LogP contribution is -2.51. The Balaban J connectivity index is 0.000000308. The average Bonchev–Trinajstić information content (AvgIpc) is 0.717. The minimum absolute atomic E-state index is 0.0304. The zero-order valence-corrected chi connectivity index (χ0v) is 99.3. The van der Waals surface area contributed by atoms with Crippen LogP contribution in [0.1, 0.15) is 275 Å². The van der Waals surface area contributed by atoms with E-state index in [4.69, 9.17) is 108 Å². The van der Waals surface area contributed by atoms with Gasteiger partial charge >= 0.3 is 37.3 Å². The fraction of sp³-hybridized carbons (Fsp3) is 0.470. The molecule has 10 aromatic rings. The first-order valence-corrected chi connectivity index (χ1v) is 59.7. The predicted molar refractivity (Wildman–Crippen MR) is 609 cm³/mol. The number of phenolic OH excluding ortho intramolecular Hbond substituents is 10. The van der Waals surface area contributed by atoms with Gasteiger partial charge in [0.1, 0.15) is 63.3 Å². The molecule has 0 aromatic heterocycles. The van der Waals surface area contributed by atoms with Gasteiger partial charge in [0.2, 0.25) is 0 Å². The second kappa shape index (κ2) is 53.5. The Hall–Kier alpha value is -8.17. The highest BCUT2D eigenvalue weighted by atomic mass is 36.0. The number of para-hydroxylation sites is 2. The number of carbonyl (C=O) groups excluding carboxylic acids is 1. The minimum atomic E-state index is -4.67. The molecular formula is C115H152Cl8O23S4. The standard InChI is InChI=1S/C24H30Cl2O2.C24H32O2.C22H26Cl2O2.C22H28O2.C10H18O.C7H8O.C6H6O.2Cl2O2S.2H2O4S/c1-13-7-17(9-19(25)21(13)27)24(12-16(15(24)3)11-23(4,5)6)18-8-14(2)22(28)20(26)10-18;1-15-11-19(7-9-21(15)25)24(20-8-10-22(26)16(2)12-20)14-18(17(24)3)13-23(4,5)6;1-13-14(11-21(2,3)4)12-22(13,15-5-7-19(25)17(23)9-15)16-6-8-20(26)18(24)10-16;1-15-16(13-21(2,3)4)14-22(15,17-5-9-19(23)10-6-17)18-7-11-20(24)12-8-18;1-7-8(5-9(7)11)6-10(2,3)4;1-6-4-2-3-5-7(6)8;7-6-4-2-1-3-5-6;4*1-5(2,3)4/h7-10,15-16,27-28H,11-12H2,1-6H3;7-12,17-18,25-26H,13-14H2,1-6H3;5-10,13-14,25-26H,11-12H2,1-4H3;5-12,15-16,23-24H,13-14H2,1-4H3;7-8H,5-6H2,1-4H3;2-5,8H,1H3;1-5,7H;;;2*(H2,1,2,3,4)/t15-,16+;17-,18+;13-,14+;15-,16+;7-,8-;;;;;;/m11111....../s1. The van der Waals surface area contributed by atoms with E-state index in [0.29, 0.717) is 136 Å². The van der Waals surface area contributed by atoms with Crippen LogP contribution < -0.4 is 0 Å². The summed E-state index contributed by atoms with van der Waals surface area (Å²) in [5.41, 5.74) is 14.8. The first kappa shape index (κ1) is 132. The van der Waals surface area contributed by atoms with Gasteiger partial charge in [-0.05, 0) is 336 Å². The van der Waals surface area contributed by atoms with Gasteiger partial charge in [-0.3, -0.25) is 23.0 Å². The molecule has 10 aromatic carbocycles. The second-order valence-corrected chi connectivity index (χ2v) is 57.1. The van der Waals surface area contributed by atoms with Crippen molar-refractivity contribution in [1.82, 2.24) is 0 Å². The molecule has 35 heteroatoms. The molecule has 0 heterocycles. The van der Waals surface area contributed by atoms with Crippen LogP contribution in [0.3, 0.4) is 0 Å². The molecule has 0 unspecified atom stereocenters. The number of hydrogen-bond acceptors (Lipinski definition) is 19. The number of Topliss-reactive ketones (excluding diaryl/α,β-unsaturated/α-hetero) is 1. The molecule has 5 aliphatic rings. The third kappa shape index (κ3) is 39.9. The Morgan fingerprint density at radius 1 is 0.273 bits per heavy atom. The van der Waals surface area contributed by atoms with Crippen LogP contribution in [-0.4, -0.2) is 109 Å². The molecule has 15 rings (SSSR count). The highest BCUT2D eigenvalue weighted by Gasteiger charge is 2.58. The maximum Gasteiger partial charge on any atom is 0.394 e. The maximum atomic E-state index is 10.9. The number of aryl methyl sites for hydroxylation is 5. The molecule has 150 heavy (non-hydrogen) atoms. The van der Waals surface area contributed by atoms with Gasteiger partial charge in [0.05, 0.1) is 20.1 Å². The Kier molecular flexibility index (Phi) is 47.2. The number of halogens is 8. The second-order valence-electron chi connectivity index (χ2n) is 46.4. The molecule has 0 spiro atoms. The summed E-state index contributed by atoms with van der Waals surface area (Å²) in [6, 6.07) is 62.2. The number of hydrogen-bond donors (Lipinski definition) is 14. The highest BCUT2D eigenvalue weighted by molar-refractivity contribution is 8.32. The van der Waals surface area contributed by atoms with Crippen LogP contribution in [0.2, 0.25) is 20.1 Å². The van der Waals surface area contributed by atoms with Crippen LogP contribution in [0.15, 0.2) is 200 Å². The van der Waals surface area contributed by atoms with Crippen molar-refractivity contribution in [3.63, 3.8) is 0 Å². The summed E-state index contributed by atoms with van der Waals surface area (Å²) in [6.07, 6.45) is 11.0. The van der Waals surface area contributed by atoms with Crippen molar-refractivity contribution in [2.75, 3.05) is 0 Å². The molecule has 14 N–H and O–H groups in total. The lowest BCUT2D eigenvalue weighted by Gasteiger charge is -2.56. The third-order valence-electron chi connectivity index (χ3n) is 28.8. The first-order valence-electron chi connectivity index (χ1n) is 49.1. The van der Waals surface area contributed by atoms with E-state index in [1.54, 1.807) is 66.7 Å². The summed E-state index contributed by atoms with van der Waals surface area (Å²) in [5.74, 6) is 8.27. The summed E-state index contributed by atoms with van der Waals surface area (Å²) in [7, 11) is 0.293. The van der Waals surface area contributed by atoms with Crippen LogP contribution >= 0.6 is 89.1 Å². The molecule has 10 atom stereocenters. The van der Waals surface area contributed by atoms with Gasteiger partial charge in [-0.25, -0.2) is 0 Å². The van der Waals surface area contributed by atoms with Gasteiger partial charge in [0.25, 0.3) is 0 Å². The van der Waals surface area contributed by atoms with Crippen molar-refractivity contribution < 1.29 is 108 Å². The zero-order valence-electron chi connectivity index (χ0n) is 90.0. The average molecular weight is 2310 g/mol. The van der Waals surface area contributed by atoms with Gasteiger partial charge in [-0.2, -0.15) is 33.7 Å². The van der Waals surface area contributed by atoms with Crippen molar-refractivity contribution in [3.8, 4) is 57.5 Å². The largest absolute Gasteiger partial charge is 0.508 e. The van der Waals surface area contributed by atoms with Gasteiger partial charge < -0.3 is 51.1 Å². The summed E-state index contributed by atoms with van der Waals surface area (Å²) < 4.78 is 99.8. The van der Waals surface area contributed by atoms with E-state index in [1.165, 1.54) is 41.5 Å². The van der Waals surface area contributed by atoms with E-state index in [-0.39, 0.29) is 55.5 Å². The molecule has 830 valence electrons. The first-order chi connectivity index (χ1) is 68.3. The number of carbonyl (C=O) groups is 1. The Bertz CT molecular complexity index is 6100. The van der Waals surface area contributed by atoms with E-state index < -0.39 is 37.3 Å². The number of ketones is 1. The Labute approximate surface area is 927 Å². The maximum absolute atomic E-state index is 10.9. The van der Waals surface area contributed by atoms with Crippen LogP contribution in [0.4, 0.5) is 0 Å². The molecule has 0 radical (unpaired) electrons. The predicted octanol–water partition coefficient (Wildman–Crippen LogP) is 31.6. The lowest BCUT2D eigenvalue weighted by atomic mass is 9.47. The molecule has 0 aliphatic heterocycles. The molecule has 23 nitrogen and oxygen atoms in total. The number of rotatable bonds is 13. The lowest BCUT2D eigenvalue weighted by molar-refractivity contribution is -0.134. The molecule has 5 fully saturated rings. The Morgan fingerprint density at radius 2 is 0.487 bits per heavy atom. The Morgan fingerprint density at radius 3 is 0.700 bits per heavy atom. The quantitative estimate of drug-likeness (QED) is 0.0376. The van der Waals surface area contributed by atoms with E-state index in [0.717, 1.165) is 95.0 Å². The van der Waals surface area contributed by atoms with Crippen molar-refractivity contribution >= 4 is 132 Å². The smallest absolute Gasteiger partial charge is 0.394 e. The van der Waals surface area contributed by atoms with Crippen LogP contribution in [0.25, 0.3) is 0 Å². The topological polar surface area (TPSA) is 437 Å². The minimum Gasteiger partial charge on any atom is -0.508 e. The van der Waals surface area contributed by atoms with Crippen LogP contribution in [-0.2, 0) is 63.8 Å². The van der Waals surface area contributed by atoms with E-state index >= 15 is 0 Å². The van der Waals surface area contributed by atoms with Crippen LogP contribution in [0.5, 0.6) is 57.5 Å². The summed E-state index contributed by atoms with van der Waals surface area (Å²) in [4.78, 5) is 10.9. The number of phenols is 10. The molecule has 5 aliphatic carbocycles. The summed E-state index contributed by atoms with van der Waals surface area (Å²) in [6.45, 7) is 55.1. The normalized spacial score (nSPS) is 20.1. The SMILES string of the molecule is C[C@@H]1[C@@H](CC(C)(C)C)CC1(c1ccc(O)c(Cl)c1)c1ccc(O)c(Cl)c1.C[C@@H]1[C@@H](CC(C)(C)C)CC1(c1ccc(O)cc1)c1ccc(O)cc1.C[C@H]1C(=O)C[C@@H]1CC(C)(C)C.Cc1cc(C2(c3cc(C)c(O)c(Cl)c3)C[C@H](CC(C)(C)C)[C@H]2C)cc(Cl)c1O.Cc1cc(C2(c3ccc(O)c(C)c3)C[C@H](CC(C)(C)C)[C@H]2C)ccc1O.Cc1ccccc1O.O=S(=O)(Cl)Cl.O=S(=O)(Cl)Cl.O=S(=O)(O)O.O=S(=O)(O)O.Oc1ccccc1. The zero-order chi connectivity index (χ0) is 115. The molecule has 5 saturated carbocycles. The molecule has 0 bridgehead atoms.